The fraction of sp³-hybridized carbons (Fsp3) is 0.263. The molecular weight excluding hydrogens is 369 g/mol. The lowest BCUT2D eigenvalue weighted by molar-refractivity contribution is -0.113. The number of fused-ring (bicyclic) bond motifs is 3. The molecule has 8 heteroatoms. The minimum absolute atomic E-state index is 0.0422. The van der Waals surface area contributed by atoms with E-state index >= 15 is 0 Å². The fourth-order valence-electron chi connectivity index (χ4n) is 3.23. The summed E-state index contributed by atoms with van der Waals surface area (Å²) in [5.74, 6) is -0.0422. The van der Waals surface area contributed by atoms with Crippen LogP contribution in [0.3, 0.4) is 0 Å². The zero-order valence-corrected chi connectivity index (χ0v) is 15.4. The molecule has 7 nitrogen and oxygen atoms in total. The number of carbonyl (C=O) groups is 2. The summed E-state index contributed by atoms with van der Waals surface area (Å²) in [5.41, 5.74) is 3.37. The van der Waals surface area contributed by atoms with E-state index in [4.69, 9.17) is 14.5 Å². The Morgan fingerprint density at radius 3 is 2.11 bits per heavy atom. The maximum atomic E-state index is 11.9. The molecule has 1 amide bonds. The van der Waals surface area contributed by atoms with E-state index < -0.39 is 19.2 Å². The van der Waals surface area contributed by atoms with Gasteiger partial charge in [0.05, 0.1) is 0 Å². The number of carbonyl (C=O) groups excluding carboxylic acids is 2. The first-order chi connectivity index (χ1) is 12.9. The third kappa shape index (κ3) is 4.45. The lowest BCUT2D eigenvalue weighted by Crippen LogP contribution is -2.27. The Morgan fingerprint density at radius 1 is 1.00 bits per heavy atom. The second-order valence-corrected chi connectivity index (χ2v) is 7.88. The van der Waals surface area contributed by atoms with Crippen LogP contribution in [0.4, 0.5) is 4.79 Å². The second-order valence-electron chi connectivity index (χ2n) is 6.29. The van der Waals surface area contributed by atoms with Crippen molar-refractivity contribution < 1.29 is 28.7 Å². The molecule has 0 aliphatic heterocycles. The maximum Gasteiger partial charge on any atom is 0.407 e. The van der Waals surface area contributed by atoms with Crippen LogP contribution in [0.25, 0.3) is 11.1 Å². The van der Waals surface area contributed by atoms with Crippen LogP contribution in [-0.4, -0.2) is 34.6 Å². The van der Waals surface area contributed by atoms with E-state index in [9.17, 15) is 14.2 Å². The summed E-state index contributed by atoms with van der Waals surface area (Å²) < 4.78 is 16.1. The van der Waals surface area contributed by atoms with Gasteiger partial charge in [0, 0.05) is 18.9 Å². The molecule has 0 saturated carbocycles. The fourth-order valence-corrected chi connectivity index (χ4v) is 3.67. The Balaban J connectivity index is 1.52. The number of amides is 1. The van der Waals surface area contributed by atoms with Gasteiger partial charge in [0.2, 0.25) is 5.52 Å². The van der Waals surface area contributed by atoms with Crippen molar-refractivity contribution in [2.45, 2.75) is 18.8 Å². The number of alkyl carbamates (subject to hydrolysis) is 1. The summed E-state index contributed by atoms with van der Waals surface area (Å²) in [7, 11) is -4.69. The number of hydrogen-bond acceptors (Lipinski definition) is 4. The minimum atomic E-state index is -4.69. The highest BCUT2D eigenvalue weighted by atomic mass is 31.2. The lowest BCUT2D eigenvalue weighted by Gasteiger charge is -2.14. The van der Waals surface area contributed by atoms with Crippen molar-refractivity contribution in [2.75, 3.05) is 13.2 Å². The van der Waals surface area contributed by atoms with Gasteiger partial charge >= 0.3 is 13.7 Å². The van der Waals surface area contributed by atoms with Crippen LogP contribution in [0.15, 0.2) is 48.5 Å². The van der Waals surface area contributed by atoms with E-state index in [1.165, 1.54) is 0 Å². The molecular formula is C19H20NO6P. The van der Waals surface area contributed by atoms with E-state index in [-0.39, 0.29) is 31.9 Å². The van der Waals surface area contributed by atoms with Gasteiger partial charge in [-0.05, 0) is 28.7 Å². The van der Waals surface area contributed by atoms with Gasteiger partial charge in [-0.3, -0.25) is 9.36 Å². The normalized spacial score (nSPS) is 13.0. The molecule has 1 aliphatic carbocycles. The molecule has 1 aliphatic rings. The first-order valence-electron chi connectivity index (χ1n) is 8.55. The van der Waals surface area contributed by atoms with Crippen LogP contribution in [0.1, 0.15) is 29.9 Å². The molecule has 0 fully saturated rings. The largest absolute Gasteiger partial charge is 0.449 e. The number of rotatable bonds is 7. The monoisotopic (exact) mass is 389 g/mol. The molecule has 0 heterocycles. The Morgan fingerprint density at radius 2 is 1.56 bits per heavy atom. The van der Waals surface area contributed by atoms with Gasteiger partial charge in [-0.15, -0.1) is 0 Å². The van der Waals surface area contributed by atoms with Gasteiger partial charge in [-0.25, -0.2) is 4.79 Å². The van der Waals surface area contributed by atoms with Crippen LogP contribution in [-0.2, 0) is 14.1 Å². The molecule has 3 rings (SSSR count). The first kappa shape index (κ1) is 19.3. The third-order valence-corrected chi connectivity index (χ3v) is 5.38. The van der Waals surface area contributed by atoms with Gasteiger partial charge in [0.25, 0.3) is 0 Å². The predicted octanol–water partition coefficient (Wildman–Crippen LogP) is 3.01. The number of benzene rings is 2. The average molecular weight is 389 g/mol. The highest BCUT2D eigenvalue weighted by Crippen LogP contribution is 2.44. The Kier molecular flexibility index (Phi) is 5.75. The van der Waals surface area contributed by atoms with Crippen molar-refractivity contribution in [3.63, 3.8) is 0 Å². The molecule has 0 saturated heterocycles. The van der Waals surface area contributed by atoms with Gasteiger partial charge in [0.15, 0.2) is 0 Å². The zero-order chi connectivity index (χ0) is 19.4. The van der Waals surface area contributed by atoms with Crippen molar-refractivity contribution in [1.29, 1.82) is 0 Å². The molecule has 3 N–H and O–H groups in total. The topological polar surface area (TPSA) is 113 Å². The molecule has 0 atom stereocenters. The first-order valence-corrected chi connectivity index (χ1v) is 10.2. The van der Waals surface area contributed by atoms with Crippen molar-refractivity contribution in [2.24, 2.45) is 0 Å². The van der Waals surface area contributed by atoms with Gasteiger partial charge < -0.3 is 19.8 Å². The van der Waals surface area contributed by atoms with Crippen molar-refractivity contribution >= 4 is 19.2 Å². The van der Waals surface area contributed by atoms with Crippen LogP contribution < -0.4 is 5.32 Å². The Bertz CT molecular complexity index is 861. The van der Waals surface area contributed by atoms with E-state index in [1.807, 2.05) is 48.5 Å². The minimum Gasteiger partial charge on any atom is -0.449 e. The second kappa shape index (κ2) is 8.05. The van der Waals surface area contributed by atoms with Crippen LogP contribution in [0, 0.1) is 0 Å². The SMILES string of the molecule is O=C(NCCCC(=O)P(=O)(O)O)OCC1c2ccccc2-c2ccccc21. The lowest BCUT2D eigenvalue weighted by atomic mass is 9.98. The standard InChI is InChI=1S/C19H20NO6P/c21-18(27(23,24)25)10-5-11-20-19(22)26-12-17-15-8-3-1-6-13(15)14-7-2-4-9-16(14)17/h1-4,6-9,17H,5,10-12H2,(H,20,22)(H2,23,24,25). The highest BCUT2D eigenvalue weighted by molar-refractivity contribution is 7.70. The summed E-state index contributed by atoms with van der Waals surface area (Å²) in [6.07, 6.45) is -0.789. The Hall–Kier alpha value is -2.47. The van der Waals surface area contributed by atoms with Crippen LogP contribution >= 0.6 is 7.60 Å². The average Bonchev–Trinajstić information content (AvgIpc) is 2.96. The zero-order valence-electron chi connectivity index (χ0n) is 14.5. The quantitative estimate of drug-likeness (QED) is 0.496. The summed E-state index contributed by atoms with van der Waals surface area (Å²) in [5, 5.41) is 2.50. The van der Waals surface area contributed by atoms with Crippen molar-refractivity contribution in [3.05, 3.63) is 59.7 Å². The van der Waals surface area contributed by atoms with E-state index in [2.05, 4.69) is 5.32 Å². The van der Waals surface area contributed by atoms with Crippen LogP contribution in [0.5, 0.6) is 0 Å². The predicted molar refractivity (Wildman–Crippen MR) is 99.4 cm³/mol. The number of nitrogens with one attached hydrogen (secondary N) is 1. The van der Waals surface area contributed by atoms with E-state index in [0.29, 0.717) is 0 Å². The molecule has 0 spiro atoms. The van der Waals surface area contributed by atoms with Gasteiger partial charge in [0.1, 0.15) is 6.61 Å². The Labute approximate surface area is 156 Å². The molecule has 142 valence electrons. The third-order valence-electron chi connectivity index (χ3n) is 4.51. The van der Waals surface area contributed by atoms with E-state index in [0.717, 1.165) is 22.3 Å². The molecule has 0 radical (unpaired) electrons. The summed E-state index contributed by atoms with van der Waals surface area (Å²) >= 11 is 0. The van der Waals surface area contributed by atoms with Gasteiger partial charge in [-0.2, -0.15) is 0 Å². The summed E-state index contributed by atoms with van der Waals surface area (Å²) in [6.45, 7) is 0.281. The molecule has 2 aromatic rings. The molecule has 0 aromatic heterocycles. The highest BCUT2D eigenvalue weighted by Gasteiger charge is 2.29. The molecule has 27 heavy (non-hydrogen) atoms. The molecule has 2 aromatic carbocycles. The summed E-state index contributed by atoms with van der Waals surface area (Å²) in [4.78, 5) is 40.4. The van der Waals surface area contributed by atoms with E-state index in [1.54, 1.807) is 0 Å². The van der Waals surface area contributed by atoms with Crippen molar-refractivity contribution in [1.82, 2.24) is 5.32 Å². The van der Waals surface area contributed by atoms with Crippen molar-refractivity contribution in [3.8, 4) is 11.1 Å². The smallest absolute Gasteiger partial charge is 0.407 e. The van der Waals surface area contributed by atoms with Gasteiger partial charge in [-0.1, -0.05) is 48.5 Å². The maximum absolute atomic E-state index is 11.9. The number of ether oxygens (including phenoxy) is 1. The van der Waals surface area contributed by atoms with Crippen LogP contribution in [0.2, 0.25) is 0 Å². The number of hydrogen-bond donors (Lipinski definition) is 3. The molecule has 0 bridgehead atoms. The molecule has 0 unspecified atom stereocenters. The summed E-state index contributed by atoms with van der Waals surface area (Å²) in [6, 6.07) is 16.0.